The van der Waals surface area contributed by atoms with Crippen LogP contribution in [0.4, 0.5) is 22.7 Å². The second kappa shape index (κ2) is 15.3. The van der Waals surface area contributed by atoms with Crippen LogP contribution in [-0.4, -0.2) is 0 Å². The molecule has 0 radical (unpaired) electrons. The normalized spacial score (nSPS) is 13.1. The molecular weight excluding hydrogens is 520 g/mol. The van der Waals surface area contributed by atoms with Crippen LogP contribution in [-0.2, 0) is 5.41 Å². The Labute approximate surface area is 261 Å². The number of hydrogen-bond donors (Lipinski definition) is 1. The van der Waals surface area contributed by atoms with Gasteiger partial charge in [-0.15, -0.1) is 0 Å². The Bertz CT molecular complexity index is 1410. The lowest BCUT2D eigenvalue weighted by atomic mass is 9.70. The molecule has 0 atom stereocenters. The summed E-state index contributed by atoms with van der Waals surface area (Å²) in [7, 11) is 0. The third kappa shape index (κ3) is 7.18. The largest absolute Gasteiger partial charge is 0.399 e. The van der Waals surface area contributed by atoms with Crippen LogP contribution in [0, 0.1) is 0 Å². The van der Waals surface area contributed by atoms with Gasteiger partial charge in [-0.1, -0.05) is 145 Å². The van der Waals surface area contributed by atoms with Gasteiger partial charge in [-0.3, -0.25) is 0 Å². The molecule has 0 amide bonds. The molecule has 0 unspecified atom stereocenters. The van der Waals surface area contributed by atoms with Crippen LogP contribution in [0.15, 0.2) is 97.1 Å². The summed E-state index contributed by atoms with van der Waals surface area (Å²) in [6.07, 6.45) is 18.4. The van der Waals surface area contributed by atoms with Gasteiger partial charge >= 0.3 is 0 Å². The fourth-order valence-electron chi connectivity index (χ4n) is 7.35. The number of nitrogen functional groups attached to an aromatic ring is 1. The minimum atomic E-state index is 0.0650. The van der Waals surface area contributed by atoms with E-state index in [0.717, 1.165) is 17.1 Å². The zero-order valence-corrected chi connectivity index (χ0v) is 26.7. The zero-order valence-electron chi connectivity index (χ0n) is 26.7. The molecule has 0 bridgehead atoms. The average molecular weight is 573 g/mol. The molecule has 226 valence electrons. The SMILES string of the molecule is CCCCCCCCC1(CCCCCCCC)c2ccccc2-c2ccc(N(c3ccccc3)c3cccc(N)c3)cc21. The van der Waals surface area contributed by atoms with Crippen LogP contribution in [0.2, 0.25) is 0 Å². The summed E-state index contributed by atoms with van der Waals surface area (Å²) >= 11 is 0. The predicted octanol–water partition coefficient (Wildman–Crippen LogP) is 12.5. The van der Waals surface area contributed by atoms with Gasteiger partial charge in [0, 0.05) is 28.2 Å². The number of rotatable bonds is 17. The molecule has 2 heteroatoms. The molecule has 0 saturated heterocycles. The lowest BCUT2D eigenvalue weighted by molar-refractivity contribution is 0.398. The topological polar surface area (TPSA) is 29.3 Å². The number of nitrogens with two attached hydrogens (primary N) is 1. The predicted molar refractivity (Wildman–Crippen MR) is 188 cm³/mol. The summed E-state index contributed by atoms with van der Waals surface area (Å²) in [6, 6.07) is 35.6. The first-order valence-corrected chi connectivity index (χ1v) is 17.1. The van der Waals surface area contributed by atoms with Crippen molar-refractivity contribution in [3.05, 3.63) is 108 Å². The highest BCUT2D eigenvalue weighted by Crippen LogP contribution is 2.55. The monoisotopic (exact) mass is 572 g/mol. The van der Waals surface area contributed by atoms with Crippen molar-refractivity contribution in [2.75, 3.05) is 10.6 Å². The molecule has 0 aromatic heterocycles. The quantitative estimate of drug-likeness (QED) is 0.101. The first-order valence-electron chi connectivity index (χ1n) is 17.1. The Morgan fingerprint density at radius 1 is 0.488 bits per heavy atom. The summed E-state index contributed by atoms with van der Waals surface area (Å²) in [5.74, 6) is 0. The summed E-state index contributed by atoms with van der Waals surface area (Å²) in [4.78, 5) is 2.37. The highest BCUT2D eigenvalue weighted by atomic mass is 15.1. The third-order valence-electron chi connectivity index (χ3n) is 9.57. The molecule has 0 spiro atoms. The van der Waals surface area contributed by atoms with Crippen LogP contribution >= 0.6 is 0 Å². The van der Waals surface area contributed by atoms with Crippen molar-refractivity contribution in [2.45, 2.75) is 109 Å². The molecule has 0 aliphatic heterocycles. The second-order valence-electron chi connectivity index (χ2n) is 12.7. The lowest BCUT2D eigenvalue weighted by Gasteiger charge is -2.34. The summed E-state index contributed by atoms with van der Waals surface area (Å²) in [5.41, 5.74) is 16.6. The van der Waals surface area contributed by atoms with Gasteiger partial charge in [-0.05, 0) is 77.6 Å². The zero-order chi connectivity index (χ0) is 29.9. The van der Waals surface area contributed by atoms with Gasteiger partial charge in [0.15, 0.2) is 0 Å². The first kappa shape index (κ1) is 30.9. The first-order chi connectivity index (χ1) is 21.2. The van der Waals surface area contributed by atoms with Crippen LogP contribution in [0.1, 0.15) is 115 Å². The molecule has 0 heterocycles. The molecule has 4 aromatic carbocycles. The highest BCUT2D eigenvalue weighted by Gasteiger charge is 2.42. The summed E-state index contributed by atoms with van der Waals surface area (Å²) < 4.78 is 0. The highest BCUT2D eigenvalue weighted by molar-refractivity contribution is 5.86. The maximum absolute atomic E-state index is 6.31. The third-order valence-corrected chi connectivity index (χ3v) is 9.57. The molecule has 2 N–H and O–H groups in total. The van der Waals surface area contributed by atoms with Crippen molar-refractivity contribution in [1.29, 1.82) is 0 Å². The number of anilines is 4. The molecule has 0 fully saturated rings. The maximum Gasteiger partial charge on any atom is 0.0482 e. The van der Waals surface area contributed by atoms with Gasteiger partial charge in [0.05, 0.1) is 0 Å². The van der Waals surface area contributed by atoms with Crippen molar-refractivity contribution in [1.82, 2.24) is 0 Å². The van der Waals surface area contributed by atoms with E-state index in [-0.39, 0.29) is 5.41 Å². The Morgan fingerprint density at radius 3 is 1.72 bits per heavy atom. The van der Waals surface area contributed by atoms with Gasteiger partial charge in [0.1, 0.15) is 0 Å². The van der Waals surface area contributed by atoms with Gasteiger partial charge in [0.2, 0.25) is 0 Å². The molecule has 0 saturated carbocycles. The fourth-order valence-corrected chi connectivity index (χ4v) is 7.35. The molecule has 1 aliphatic carbocycles. The van der Waals surface area contributed by atoms with Crippen molar-refractivity contribution in [3.63, 3.8) is 0 Å². The number of benzene rings is 4. The molecule has 1 aliphatic rings. The Morgan fingerprint density at radius 2 is 1.05 bits per heavy atom. The van der Waals surface area contributed by atoms with E-state index in [1.165, 1.54) is 112 Å². The minimum absolute atomic E-state index is 0.0650. The Balaban J connectivity index is 1.55. The van der Waals surface area contributed by atoms with Gasteiger partial charge < -0.3 is 10.6 Å². The van der Waals surface area contributed by atoms with Crippen LogP contribution in [0.25, 0.3) is 11.1 Å². The number of hydrogen-bond acceptors (Lipinski definition) is 2. The van der Waals surface area contributed by atoms with Crippen molar-refractivity contribution >= 4 is 22.7 Å². The molecular formula is C41H52N2. The maximum atomic E-state index is 6.31. The molecule has 5 rings (SSSR count). The smallest absolute Gasteiger partial charge is 0.0482 e. The second-order valence-corrected chi connectivity index (χ2v) is 12.7. The molecule has 43 heavy (non-hydrogen) atoms. The van der Waals surface area contributed by atoms with Gasteiger partial charge in [-0.2, -0.15) is 0 Å². The Hall–Kier alpha value is -3.52. The van der Waals surface area contributed by atoms with Crippen molar-refractivity contribution in [2.24, 2.45) is 0 Å². The lowest BCUT2D eigenvalue weighted by Crippen LogP contribution is -2.26. The fraction of sp³-hybridized carbons (Fsp3) is 0.415. The van der Waals surface area contributed by atoms with E-state index >= 15 is 0 Å². The number of fused-ring (bicyclic) bond motifs is 3. The van der Waals surface area contributed by atoms with Gasteiger partial charge in [0.25, 0.3) is 0 Å². The number of nitrogens with zero attached hydrogens (tertiary/aromatic N) is 1. The van der Waals surface area contributed by atoms with E-state index in [4.69, 9.17) is 5.73 Å². The van der Waals surface area contributed by atoms with E-state index in [0.29, 0.717) is 0 Å². The van der Waals surface area contributed by atoms with Crippen LogP contribution in [0.5, 0.6) is 0 Å². The van der Waals surface area contributed by atoms with E-state index in [9.17, 15) is 0 Å². The average Bonchev–Trinajstić information content (AvgIpc) is 3.30. The van der Waals surface area contributed by atoms with E-state index in [2.05, 4.69) is 110 Å². The summed E-state index contributed by atoms with van der Waals surface area (Å²) in [5, 5.41) is 0. The van der Waals surface area contributed by atoms with E-state index < -0.39 is 0 Å². The van der Waals surface area contributed by atoms with Crippen molar-refractivity contribution in [3.8, 4) is 11.1 Å². The van der Waals surface area contributed by atoms with Gasteiger partial charge in [-0.25, -0.2) is 0 Å². The summed E-state index contributed by atoms with van der Waals surface area (Å²) in [6.45, 7) is 4.62. The minimum Gasteiger partial charge on any atom is -0.399 e. The van der Waals surface area contributed by atoms with E-state index in [1.807, 2.05) is 6.07 Å². The standard InChI is InChI=1S/C41H52N2/c1-3-5-7-9-11-18-29-41(30-19-12-10-8-6-4-2)39-26-17-16-25-37(39)38-28-27-36(32-40(38)41)43(34-22-14-13-15-23-34)35-24-20-21-33(42)31-35/h13-17,20-28,31-32H,3-12,18-19,29-30,42H2,1-2H3. The Kier molecular flexibility index (Phi) is 11.0. The van der Waals surface area contributed by atoms with Crippen LogP contribution < -0.4 is 10.6 Å². The van der Waals surface area contributed by atoms with Crippen molar-refractivity contribution < 1.29 is 0 Å². The van der Waals surface area contributed by atoms with E-state index in [1.54, 1.807) is 5.56 Å². The molecule has 4 aromatic rings. The number of para-hydroxylation sites is 1. The number of unbranched alkanes of at least 4 members (excludes halogenated alkanes) is 10. The molecule has 2 nitrogen and oxygen atoms in total. The van der Waals surface area contributed by atoms with Crippen LogP contribution in [0.3, 0.4) is 0 Å².